The summed E-state index contributed by atoms with van der Waals surface area (Å²) in [6.45, 7) is 1.45. The zero-order valence-electron chi connectivity index (χ0n) is 10.9. The molecule has 1 aliphatic rings. The number of nitrogens with one attached hydrogen (secondary N) is 1. The van der Waals surface area contributed by atoms with Gasteiger partial charge in [0.1, 0.15) is 0 Å². The zero-order chi connectivity index (χ0) is 12.6. The van der Waals surface area contributed by atoms with Crippen LogP contribution in [0.2, 0.25) is 0 Å². The summed E-state index contributed by atoms with van der Waals surface area (Å²) in [7, 11) is 0. The topological polar surface area (TPSA) is 68.2 Å². The van der Waals surface area contributed by atoms with Crippen molar-refractivity contribution in [3.8, 4) is 0 Å². The molecule has 0 aromatic carbocycles. The molecule has 0 bridgehead atoms. The second-order valence-electron chi connectivity index (χ2n) is 4.87. The molecule has 1 aliphatic carbocycles. The van der Waals surface area contributed by atoms with Gasteiger partial charge in [0.15, 0.2) is 5.96 Å². The summed E-state index contributed by atoms with van der Waals surface area (Å²) in [5.74, 6) is 0.578. The van der Waals surface area contributed by atoms with Crippen LogP contribution in [0.25, 0.3) is 0 Å². The van der Waals surface area contributed by atoms with Crippen LogP contribution < -0.4 is 11.1 Å². The van der Waals surface area contributed by atoms with Crippen LogP contribution in [0.1, 0.15) is 38.5 Å². The number of hydrogen-bond donors (Lipinski definition) is 2. The second kappa shape index (κ2) is 7.03. The van der Waals surface area contributed by atoms with Gasteiger partial charge in [0, 0.05) is 18.4 Å². The van der Waals surface area contributed by atoms with Gasteiger partial charge >= 0.3 is 0 Å². The van der Waals surface area contributed by atoms with Crippen LogP contribution in [0.3, 0.4) is 0 Å². The van der Waals surface area contributed by atoms with Crippen LogP contribution in [0.5, 0.6) is 0 Å². The highest BCUT2D eigenvalue weighted by atomic mass is 15.3. The Labute approximate surface area is 108 Å². The summed E-state index contributed by atoms with van der Waals surface area (Å²) >= 11 is 0. The summed E-state index contributed by atoms with van der Waals surface area (Å²) in [6, 6.07) is 2.43. The number of guanidine groups is 1. The van der Waals surface area contributed by atoms with E-state index in [1.54, 1.807) is 6.20 Å². The fraction of sp³-hybridized carbons (Fsp3) is 0.692. The van der Waals surface area contributed by atoms with Crippen LogP contribution >= 0.6 is 0 Å². The molecule has 0 saturated heterocycles. The minimum atomic E-state index is 0.515. The maximum absolute atomic E-state index is 5.90. The summed E-state index contributed by atoms with van der Waals surface area (Å²) < 4.78 is 1.86. The predicted molar refractivity (Wildman–Crippen MR) is 73.3 cm³/mol. The Hall–Kier alpha value is -1.52. The molecule has 1 heterocycles. The molecule has 1 aromatic heterocycles. The van der Waals surface area contributed by atoms with Crippen LogP contribution in [-0.4, -0.2) is 28.3 Å². The van der Waals surface area contributed by atoms with Gasteiger partial charge in [-0.25, -0.2) is 0 Å². The molecular formula is C13H23N5. The van der Waals surface area contributed by atoms with E-state index in [1.807, 2.05) is 16.9 Å². The minimum absolute atomic E-state index is 0.515. The van der Waals surface area contributed by atoms with Gasteiger partial charge in [0.05, 0.1) is 13.1 Å². The molecule has 0 atom stereocenters. The van der Waals surface area contributed by atoms with Crippen LogP contribution in [0.15, 0.2) is 23.5 Å². The van der Waals surface area contributed by atoms with E-state index in [0.717, 1.165) is 6.54 Å². The molecule has 18 heavy (non-hydrogen) atoms. The van der Waals surface area contributed by atoms with Crippen molar-refractivity contribution >= 4 is 5.96 Å². The summed E-state index contributed by atoms with van der Waals surface area (Å²) in [5, 5.41) is 7.46. The molecule has 3 N–H and O–H groups in total. The Morgan fingerprint density at radius 1 is 1.33 bits per heavy atom. The van der Waals surface area contributed by atoms with E-state index in [1.165, 1.54) is 38.5 Å². The van der Waals surface area contributed by atoms with E-state index < -0.39 is 0 Å². The van der Waals surface area contributed by atoms with Gasteiger partial charge in [0.2, 0.25) is 0 Å². The minimum Gasteiger partial charge on any atom is -0.370 e. The van der Waals surface area contributed by atoms with E-state index in [2.05, 4.69) is 15.4 Å². The second-order valence-corrected chi connectivity index (χ2v) is 4.87. The Morgan fingerprint density at radius 3 is 2.78 bits per heavy atom. The van der Waals surface area contributed by atoms with Crippen molar-refractivity contribution in [2.75, 3.05) is 6.54 Å². The number of hydrogen-bond acceptors (Lipinski definition) is 2. The zero-order valence-corrected chi connectivity index (χ0v) is 10.9. The molecule has 0 radical (unpaired) electrons. The monoisotopic (exact) mass is 249 g/mol. The molecule has 0 amide bonds. The van der Waals surface area contributed by atoms with E-state index in [9.17, 15) is 0 Å². The lowest BCUT2D eigenvalue weighted by Crippen LogP contribution is -2.40. The highest BCUT2D eigenvalue weighted by molar-refractivity contribution is 5.78. The van der Waals surface area contributed by atoms with E-state index >= 15 is 0 Å². The third-order valence-corrected chi connectivity index (χ3v) is 3.38. The maximum atomic E-state index is 5.90. The van der Waals surface area contributed by atoms with Crippen molar-refractivity contribution < 1.29 is 0 Å². The lowest BCUT2D eigenvalue weighted by atomic mass is 10.1. The van der Waals surface area contributed by atoms with Crippen molar-refractivity contribution in [2.24, 2.45) is 10.7 Å². The van der Waals surface area contributed by atoms with Crippen molar-refractivity contribution in [1.82, 2.24) is 15.1 Å². The first-order valence-corrected chi connectivity index (χ1v) is 6.88. The van der Waals surface area contributed by atoms with Crippen molar-refractivity contribution in [3.05, 3.63) is 18.5 Å². The molecule has 1 fully saturated rings. The maximum Gasteiger partial charge on any atom is 0.188 e. The lowest BCUT2D eigenvalue weighted by molar-refractivity contribution is 0.529. The van der Waals surface area contributed by atoms with Gasteiger partial charge in [-0.3, -0.25) is 9.67 Å². The molecule has 0 aliphatic heterocycles. The van der Waals surface area contributed by atoms with Gasteiger partial charge in [-0.2, -0.15) is 5.10 Å². The molecule has 1 saturated carbocycles. The number of rotatable bonds is 4. The van der Waals surface area contributed by atoms with E-state index in [4.69, 9.17) is 5.73 Å². The molecule has 5 nitrogen and oxygen atoms in total. The van der Waals surface area contributed by atoms with Gasteiger partial charge in [-0.15, -0.1) is 0 Å². The van der Waals surface area contributed by atoms with Crippen molar-refractivity contribution in [1.29, 1.82) is 0 Å². The van der Waals surface area contributed by atoms with Crippen LogP contribution in [0, 0.1) is 0 Å². The summed E-state index contributed by atoms with van der Waals surface area (Å²) in [4.78, 5) is 4.35. The third-order valence-electron chi connectivity index (χ3n) is 3.38. The Kier molecular flexibility index (Phi) is 5.05. The summed E-state index contributed by atoms with van der Waals surface area (Å²) in [5.41, 5.74) is 5.90. The molecule has 100 valence electrons. The van der Waals surface area contributed by atoms with Gasteiger partial charge in [-0.05, 0) is 18.9 Å². The number of nitrogens with zero attached hydrogens (tertiary/aromatic N) is 3. The molecule has 0 unspecified atom stereocenters. The molecule has 5 heteroatoms. The Bertz CT molecular complexity index is 349. The number of nitrogens with two attached hydrogens (primary N) is 1. The van der Waals surface area contributed by atoms with Crippen molar-refractivity contribution in [2.45, 2.75) is 51.1 Å². The lowest BCUT2D eigenvalue weighted by Gasteiger charge is -2.16. The average Bonchev–Trinajstić information content (AvgIpc) is 2.74. The fourth-order valence-corrected chi connectivity index (χ4v) is 2.38. The largest absolute Gasteiger partial charge is 0.370 e. The first kappa shape index (κ1) is 12.9. The first-order valence-electron chi connectivity index (χ1n) is 6.88. The quantitative estimate of drug-likeness (QED) is 0.483. The average molecular weight is 249 g/mol. The smallest absolute Gasteiger partial charge is 0.188 e. The molecule has 2 rings (SSSR count). The standard InChI is InChI=1S/C13H23N5/c14-13(15-9-11-18-10-5-8-16-18)17-12-6-3-1-2-4-7-12/h5,8,10,12H,1-4,6-7,9,11H2,(H3,14,15,17). The number of aliphatic imine (C=N–C) groups is 1. The van der Waals surface area contributed by atoms with E-state index in [0.29, 0.717) is 18.5 Å². The molecule has 0 spiro atoms. The fourth-order valence-electron chi connectivity index (χ4n) is 2.38. The normalized spacial score (nSPS) is 18.6. The molecule has 1 aromatic rings. The predicted octanol–water partition coefficient (Wildman–Crippen LogP) is 1.51. The van der Waals surface area contributed by atoms with Gasteiger partial charge in [0.25, 0.3) is 0 Å². The van der Waals surface area contributed by atoms with Crippen molar-refractivity contribution in [3.63, 3.8) is 0 Å². The van der Waals surface area contributed by atoms with Crippen LogP contribution in [0.4, 0.5) is 0 Å². The third kappa shape index (κ3) is 4.39. The SMILES string of the molecule is NC(=NCCn1cccn1)NC1CCCCCC1. The van der Waals surface area contributed by atoms with E-state index in [-0.39, 0.29) is 0 Å². The highest BCUT2D eigenvalue weighted by Gasteiger charge is 2.11. The highest BCUT2D eigenvalue weighted by Crippen LogP contribution is 2.16. The molecular weight excluding hydrogens is 226 g/mol. The van der Waals surface area contributed by atoms with Gasteiger partial charge in [-0.1, -0.05) is 25.7 Å². The van der Waals surface area contributed by atoms with Gasteiger partial charge < -0.3 is 11.1 Å². The Morgan fingerprint density at radius 2 is 2.11 bits per heavy atom. The van der Waals surface area contributed by atoms with Crippen LogP contribution in [-0.2, 0) is 6.54 Å². The number of aromatic nitrogens is 2. The first-order chi connectivity index (χ1) is 8.84. The Balaban J connectivity index is 1.70. The summed E-state index contributed by atoms with van der Waals surface area (Å²) in [6.07, 6.45) is 11.5.